The molecule has 1 unspecified atom stereocenters. The molecule has 1 saturated heterocycles. The molecule has 0 saturated carbocycles. The Bertz CT molecular complexity index is 1180. The molecule has 3 atom stereocenters. The zero-order chi connectivity index (χ0) is 30.6. The summed E-state index contributed by atoms with van der Waals surface area (Å²) in [5, 5.41) is 3.14. The Kier molecular flexibility index (Phi) is 12.2. The van der Waals surface area contributed by atoms with Gasteiger partial charge in [-0.25, -0.2) is 9.59 Å². The van der Waals surface area contributed by atoms with Crippen molar-refractivity contribution in [3.63, 3.8) is 0 Å². The van der Waals surface area contributed by atoms with Gasteiger partial charge in [0.05, 0.1) is 18.9 Å². The standard InChI is InChI=1S/C33H45N2O7/c1-5-6-9-18-27(21-29(36)40-23-25-14-10-7-11-15-25)30(37)35(32(39)42-33(2,3)4)20-19-34-22-28(35)31(38)41-24-26-16-12-8-13-17-26/h7-8,10-17,27-28,34H,5-6,9,18-24H2,1-4H3/q+1/t27-,28?,35-/m0/s1. The molecule has 0 aliphatic carbocycles. The van der Waals surface area contributed by atoms with Crippen molar-refractivity contribution < 1.29 is 37.9 Å². The van der Waals surface area contributed by atoms with E-state index < -0.39 is 46.0 Å². The largest absolute Gasteiger partial charge is 0.524 e. The van der Waals surface area contributed by atoms with Crippen molar-refractivity contribution in [3.8, 4) is 0 Å². The third-order valence-electron chi connectivity index (χ3n) is 7.28. The van der Waals surface area contributed by atoms with Crippen LogP contribution in [0.25, 0.3) is 0 Å². The van der Waals surface area contributed by atoms with Crippen LogP contribution in [0.15, 0.2) is 60.7 Å². The van der Waals surface area contributed by atoms with E-state index in [1.807, 2.05) is 60.7 Å². The van der Waals surface area contributed by atoms with Crippen molar-refractivity contribution in [1.82, 2.24) is 5.32 Å². The lowest BCUT2D eigenvalue weighted by atomic mass is 9.93. The predicted octanol–water partition coefficient (Wildman–Crippen LogP) is 5.31. The van der Waals surface area contributed by atoms with E-state index in [1.165, 1.54) is 0 Å². The molecular formula is C33H45N2O7+. The zero-order valence-corrected chi connectivity index (χ0v) is 25.3. The van der Waals surface area contributed by atoms with Gasteiger partial charge in [0, 0.05) is 6.54 Å². The molecule has 1 aliphatic heterocycles. The molecule has 0 radical (unpaired) electrons. The topological polar surface area (TPSA) is 108 Å². The molecule has 1 heterocycles. The number of carbonyl (C=O) groups is 4. The van der Waals surface area contributed by atoms with Crippen LogP contribution in [0.4, 0.5) is 4.79 Å². The Morgan fingerprint density at radius 1 is 0.905 bits per heavy atom. The highest BCUT2D eigenvalue weighted by Crippen LogP contribution is 2.30. The molecule has 0 aromatic heterocycles. The summed E-state index contributed by atoms with van der Waals surface area (Å²) >= 11 is 0. The van der Waals surface area contributed by atoms with Crippen LogP contribution >= 0.6 is 0 Å². The number of esters is 2. The number of amides is 2. The van der Waals surface area contributed by atoms with Crippen LogP contribution in [0.3, 0.4) is 0 Å². The maximum atomic E-state index is 14.6. The molecule has 0 spiro atoms. The van der Waals surface area contributed by atoms with Crippen LogP contribution in [0, 0.1) is 5.92 Å². The lowest BCUT2D eigenvalue weighted by molar-refractivity contribution is -0.806. The number of nitrogens with zero attached hydrogens (tertiary/aromatic N) is 1. The van der Waals surface area contributed by atoms with Crippen molar-refractivity contribution in [3.05, 3.63) is 71.8 Å². The fourth-order valence-electron chi connectivity index (χ4n) is 5.09. The molecule has 2 amide bonds. The van der Waals surface area contributed by atoms with Crippen LogP contribution in [-0.2, 0) is 41.8 Å². The van der Waals surface area contributed by atoms with Gasteiger partial charge in [0.2, 0.25) is 6.04 Å². The molecule has 9 nitrogen and oxygen atoms in total. The van der Waals surface area contributed by atoms with E-state index in [2.05, 4.69) is 12.2 Å². The van der Waals surface area contributed by atoms with Crippen LogP contribution in [0.1, 0.15) is 70.9 Å². The molecule has 2 aromatic rings. The summed E-state index contributed by atoms with van der Waals surface area (Å²) in [7, 11) is 0. The summed E-state index contributed by atoms with van der Waals surface area (Å²) in [5.41, 5.74) is 0.716. The Morgan fingerprint density at radius 2 is 1.50 bits per heavy atom. The number of imide groups is 1. The minimum absolute atomic E-state index is 0.00217. The molecule has 42 heavy (non-hydrogen) atoms. The summed E-state index contributed by atoms with van der Waals surface area (Å²) < 4.78 is 16.1. The average molecular weight is 582 g/mol. The van der Waals surface area contributed by atoms with Gasteiger partial charge in [-0.05, 0) is 38.3 Å². The van der Waals surface area contributed by atoms with E-state index in [1.54, 1.807) is 20.8 Å². The number of nitrogens with one attached hydrogen (secondary N) is 1. The number of quaternary nitrogens is 1. The van der Waals surface area contributed by atoms with E-state index >= 15 is 0 Å². The van der Waals surface area contributed by atoms with Gasteiger partial charge in [0.25, 0.3) is 0 Å². The maximum Gasteiger partial charge on any atom is 0.524 e. The van der Waals surface area contributed by atoms with E-state index in [-0.39, 0.29) is 32.7 Å². The van der Waals surface area contributed by atoms with E-state index in [9.17, 15) is 19.2 Å². The molecule has 9 heteroatoms. The maximum absolute atomic E-state index is 14.6. The molecule has 0 bridgehead atoms. The fraction of sp³-hybridized carbons (Fsp3) is 0.515. The van der Waals surface area contributed by atoms with Crippen LogP contribution in [-0.4, -0.2) is 59.7 Å². The molecule has 228 valence electrons. The number of carbonyl (C=O) groups excluding carboxylic acids is 4. The van der Waals surface area contributed by atoms with Gasteiger partial charge in [0.15, 0.2) is 0 Å². The number of piperazine rings is 1. The third kappa shape index (κ3) is 9.22. The zero-order valence-electron chi connectivity index (χ0n) is 25.3. The summed E-state index contributed by atoms with van der Waals surface area (Å²) in [4.78, 5) is 55.2. The monoisotopic (exact) mass is 581 g/mol. The Balaban J connectivity index is 1.91. The second kappa shape index (κ2) is 15.6. The van der Waals surface area contributed by atoms with Crippen molar-refractivity contribution >= 4 is 23.9 Å². The second-order valence-electron chi connectivity index (χ2n) is 11.8. The number of ether oxygens (including phenoxy) is 3. The predicted molar refractivity (Wildman–Crippen MR) is 158 cm³/mol. The minimum Gasteiger partial charge on any atom is -0.461 e. The number of rotatable bonds is 12. The Morgan fingerprint density at radius 3 is 2.07 bits per heavy atom. The minimum atomic E-state index is -1.17. The molecule has 3 rings (SSSR count). The van der Waals surface area contributed by atoms with E-state index in [4.69, 9.17) is 14.2 Å². The van der Waals surface area contributed by atoms with Gasteiger partial charge in [-0.15, -0.1) is 4.48 Å². The molecule has 1 N–H and O–H groups in total. The van der Waals surface area contributed by atoms with Crippen molar-refractivity contribution in [1.29, 1.82) is 0 Å². The Labute approximate surface area is 249 Å². The summed E-state index contributed by atoms with van der Waals surface area (Å²) in [6.07, 6.45) is 1.85. The first-order chi connectivity index (χ1) is 20.1. The normalized spacial score (nSPS) is 19.4. The van der Waals surface area contributed by atoms with Gasteiger partial charge in [-0.3, -0.25) is 4.79 Å². The first-order valence-electron chi connectivity index (χ1n) is 14.8. The summed E-state index contributed by atoms with van der Waals surface area (Å²) in [6, 6.07) is 17.3. The molecule has 2 aromatic carbocycles. The lowest BCUT2D eigenvalue weighted by Gasteiger charge is -2.42. The fourth-order valence-corrected chi connectivity index (χ4v) is 5.09. The quantitative estimate of drug-likeness (QED) is 0.156. The van der Waals surface area contributed by atoms with Gasteiger partial charge in [-0.2, -0.15) is 4.79 Å². The summed E-state index contributed by atoms with van der Waals surface area (Å²) in [5.74, 6) is -2.56. The van der Waals surface area contributed by atoms with Gasteiger partial charge >= 0.3 is 23.9 Å². The number of hydrogen-bond donors (Lipinski definition) is 1. The highest BCUT2D eigenvalue weighted by atomic mass is 16.6. The average Bonchev–Trinajstić information content (AvgIpc) is 2.98. The van der Waals surface area contributed by atoms with Crippen LogP contribution in [0.5, 0.6) is 0 Å². The number of benzene rings is 2. The van der Waals surface area contributed by atoms with E-state index in [0.717, 1.165) is 24.0 Å². The van der Waals surface area contributed by atoms with Gasteiger partial charge < -0.3 is 19.5 Å². The smallest absolute Gasteiger partial charge is 0.461 e. The highest BCUT2D eigenvalue weighted by molar-refractivity contribution is 5.90. The molecule has 1 aliphatic rings. The summed E-state index contributed by atoms with van der Waals surface area (Å²) in [6.45, 7) is 7.66. The van der Waals surface area contributed by atoms with Crippen molar-refractivity contribution in [2.75, 3.05) is 19.6 Å². The number of unbranched alkanes of at least 4 members (excludes halogenated alkanes) is 2. The number of hydrogen-bond acceptors (Lipinski definition) is 8. The SMILES string of the molecule is CCCCC[C@@H](CC(=O)OCc1ccccc1)C(=O)[N@+]1(C(=O)OC(C)(C)C)CCNCC1C(=O)OCc1ccccc1. The van der Waals surface area contributed by atoms with Crippen LogP contribution < -0.4 is 5.32 Å². The van der Waals surface area contributed by atoms with Gasteiger partial charge in [-0.1, -0.05) is 86.8 Å². The van der Waals surface area contributed by atoms with Crippen LogP contribution in [0.2, 0.25) is 0 Å². The third-order valence-corrected chi connectivity index (χ3v) is 7.28. The first kappa shape index (κ1) is 32.9. The second-order valence-corrected chi connectivity index (χ2v) is 11.8. The van der Waals surface area contributed by atoms with E-state index in [0.29, 0.717) is 19.4 Å². The lowest BCUT2D eigenvalue weighted by Crippen LogP contribution is -2.74. The highest BCUT2D eigenvalue weighted by Gasteiger charge is 2.60. The van der Waals surface area contributed by atoms with Crippen molar-refractivity contribution in [2.45, 2.75) is 84.7 Å². The first-order valence-corrected chi connectivity index (χ1v) is 14.8. The molecular weight excluding hydrogens is 536 g/mol. The van der Waals surface area contributed by atoms with Crippen molar-refractivity contribution in [2.24, 2.45) is 5.92 Å². The molecule has 1 fully saturated rings. The van der Waals surface area contributed by atoms with Gasteiger partial charge in [0.1, 0.15) is 25.4 Å². The Hall–Kier alpha value is -3.56.